The minimum absolute atomic E-state index is 0.192. The molecule has 0 aliphatic carbocycles. The summed E-state index contributed by atoms with van der Waals surface area (Å²) >= 11 is 2.83. The average Bonchev–Trinajstić information content (AvgIpc) is 3.25. The molecule has 0 N–H and O–H groups in total. The zero-order chi connectivity index (χ0) is 21.7. The predicted octanol–water partition coefficient (Wildman–Crippen LogP) is 1.76. The Morgan fingerprint density at radius 1 is 0.839 bits per heavy atom. The van der Waals surface area contributed by atoms with Crippen molar-refractivity contribution >= 4 is 99.4 Å². The quantitative estimate of drug-likeness (QED) is 0.188. The molecule has 0 spiro atoms. The third-order valence-electron chi connectivity index (χ3n) is 5.20. The summed E-state index contributed by atoms with van der Waals surface area (Å²) in [5.74, 6) is -0.532. The fourth-order valence-corrected chi connectivity index (χ4v) is 8.07. The number of hydrogen-bond acceptors (Lipinski definition) is 4. The van der Waals surface area contributed by atoms with Crippen LogP contribution in [-0.2, 0) is 9.59 Å². The number of anilines is 3. The summed E-state index contributed by atoms with van der Waals surface area (Å²) in [4.78, 5) is 31.7. The first-order valence-corrected chi connectivity index (χ1v) is 13.8. The van der Waals surface area contributed by atoms with Crippen LogP contribution in [0.1, 0.15) is 4.88 Å². The Morgan fingerprint density at radius 3 is 1.97 bits per heavy atom. The molecule has 0 radical (unpaired) electrons. The van der Waals surface area contributed by atoms with Gasteiger partial charge in [0.15, 0.2) is 0 Å². The first-order valence-electron chi connectivity index (χ1n) is 9.53. The SMILES string of the molecule is CN1C(=O)C(=Cc2ccc(N3c4ccccc4[Te]c4ccccc43)s2)C(=O)N(C)C1=[Te]. The Labute approximate surface area is 207 Å². The Morgan fingerprint density at radius 2 is 1.39 bits per heavy atom. The fourth-order valence-electron chi connectivity index (χ4n) is 3.60. The minimum atomic E-state index is -0.437. The van der Waals surface area contributed by atoms with E-state index in [1.165, 1.54) is 28.4 Å². The molecule has 2 aliphatic rings. The second-order valence-corrected chi connectivity index (χ2v) is 12.3. The standard InChI is InChI=1S/C23H17N3O2STe2/c1-24-21(27)15(22(28)25(2)23(24)30)13-14-11-12-20(29-14)26-16-7-3-5-9-18(16)31-19-10-6-4-8-17(19)26/h3-13H,1-2H3. The molecule has 1 fully saturated rings. The molecule has 0 saturated carbocycles. The number of carbonyl (C=O) groups excluding carboxylic acids is 2. The van der Waals surface area contributed by atoms with E-state index < -0.39 is 20.9 Å². The van der Waals surface area contributed by atoms with E-state index in [4.69, 9.17) is 0 Å². The van der Waals surface area contributed by atoms with Gasteiger partial charge in [-0.3, -0.25) is 0 Å². The molecular weight excluding hydrogens is 638 g/mol. The molecule has 0 unspecified atom stereocenters. The fraction of sp³-hybridized carbons (Fsp3) is 0.0870. The second-order valence-electron chi connectivity index (χ2n) is 7.12. The van der Waals surface area contributed by atoms with Crippen molar-refractivity contribution in [1.82, 2.24) is 9.80 Å². The molecule has 31 heavy (non-hydrogen) atoms. The van der Waals surface area contributed by atoms with Gasteiger partial charge in [-0.05, 0) is 0 Å². The van der Waals surface area contributed by atoms with Crippen LogP contribution in [0.2, 0.25) is 0 Å². The summed E-state index contributed by atoms with van der Waals surface area (Å²) in [6.45, 7) is 0. The van der Waals surface area contributed by atoms with Crippen molar-refractivity contribution in [2.24, 2.45) is 0 Å². The van der Waals surface area contributed by atoms with Gasteiger partial charge in [-0.15, -0.1) is 0 Å². The molecule has 5 rings (SSSR count). The molecule has 2 aromatic carbocycles. The summed E-state index contributed by atoms with van der Waals surface area (Å²) in [7, 11) is 3.39. The zero-order valence-electron chi connectivity index (χ0n) is 16.7. The predicted molar refractivity (Wildman–Crippen MR) is 128 cm³/mol. The van der Waals surface area contributed by atoms with Crippen LogP contribution in [0.4, 0.5) is 16.4 Å². The van der Waals surface area contributed by atoms with E-state index in [1.54, 1.807) is 53.3 Å². The van der Waals surface area contributed by atoms with Crippen LogP contribution >= 0.6 is 11.3 Å². The number of nitrogens with zero attached hydrogens (tertiary/aromatic N) is 3. The number of likely N-dealkylation sites (N-methyl/N-ethyl adjacent to an activating group) is 2. The molecule has 5 nitrogen and oxygen atoms in total. The molecule has 0 atom stereocenters. The van der Waals surface area contributed by atoms with Crippen molar-refractivity contribution < 1.29 is 9.59 Å². The first kappa shape index (κ1) is 20.9. The molecule has 3 aromatic rings. The van der Waals surface area contributed by atoms with Gasteiger partial charge in [0.25, 0.3) is 0 Å². The van der Waals surface area contributed by atoms with Crippen molar-refractivity contribution in [2.45, 2.75) is 0 Å². The van der Waals surface area contributed by atoms with Gasteiger partial charge in [0, 0.05) is 0 Å². The molecule has 1 aromatic heterocycles. The van der Waals surface area contributed by atoms with Crippen molar-refractivity contribution in [3.63, 3.8) is 0 Å². The Balaban J connectivity index is 1.57. The van der Waals surface area contributed by atoms with Crippen LogP contribution in [0, 0.1) is 0 Å². The summed E-state index contributed by atoms with van der Waals surface area (Å²) in [5.41, 5.74) is 2.64. The summed E-state index contributed by atoms with van der Waals surface area (Å²) in [6.07, 6.45) is 1.72. The van der Waals surface area contributed by atoms with Gasteiger partial charge >= 0.3 is 209 Å². The van der Waals surface area contributed by atoms with Gasteiger partial charge in [-0.1, -0.05) is 0 Å². The molecule has 1 saturated heterocycles. The summed E-state index contributed by atoms with van der Waals surface area (Å²) in [5, 5.41) is 1.07. The van der Waals surface area contributed by atoms with Gasteiger partial charge in [0.05, 0.1) is 0 Å². The Kier molecular flexibility index (Phi) is 5.54. The maximum atomic E-state index is 12.7. The Bertz CT molecular complexity index is 1210. The van der Waals surface area contributed by atoms with Crippen molar-refractivity contribution in [1.29, 1.82) is 0 Å². The van der Waals surface area contributed by atoms with Crippen molar-refractivity contribution in [3.05, 3.63) is 71.1 Å². The monoisotopic (exact) mass is 659 g/mol. The van der Waals surface area contributed by atoms with Gasteiger partial charge < -0.3 is 0 Å². The van der Waals surface area contributed by atoms with Crippen molar-refractivity contribution in [2.75, 3.05) is 19.0 Å². The van der Waals surface area contributed by atoms with E-state index >= 15 is 0 Å². The Hall–Kier alpha value is -1.93. The number of amides is 2. The zero-order valence-corrected chi connectivity index (χ0v) is 22.2. The number of carbonyl (C=O) groups is 2. The number of hydrogen-bond donors (Lipinski definition) is 0. The van der Waals surface area contributed by atoms with E-state index in [0.29, 0.717) is 3.80 Å². The van der Waals surface area contributed by atoms with Gasteiger partial charge in [-0.25, -0.2) is 0 Å². The summed E-state index contributed by atoms with van der Waals surface area (Å²) in [6, 6.07) is 21.2. The third kappa shape index (κ3) is 3.57. The van der Waals surface area contributed by atoms with Crippen LogP contribution in [-0.4, -0.2) is 82.3 Å². The summed E-state index contributed by atoms with van der Waals surface area (Å²) < 4.78 is 3.46. The van der Waals surface area contributed by atoms with E-state index in [-0.39, 0.29) is 17.4 Å². The molecular formula is C23H17N3O2STe2. The first-order chi connectivity index (χ1) is 15.0. The molecule has 2 amide bonds. The molecule has 8 heteroatoms. The number of rotatable bonds is 2. The molecule has 154 valence electrons. The van der Waals surface area contributed by atoms with Gasteiger partial charge in [0.2, 0.25) is 0 Å². The van der Waals surface area contributed by atoms with Gasteiger partial charge in [-0.2, -0.15) is 0 Å². The van der Waals surface area contributed by atoms with Gasteiger partial charge in [0.1, 0.15) is 0 Å². The molecule has 2 aliphatic heterocycles. The maximum absolute atomic E-state index is 12.7. The van der Waals surface area contributed by atoms with Crippen LogP contribution < -0.4 is 12.1 Å². The molecule has 3 heterocycles. The molecule has 0 bridgehead atoms. The van der Waals surface area contributed by atoms with Crippen LogP contribution in [0.3, 0.4) is 0 Å². The van der Waals surface area contributed by atoms with Crippen LogP contribution in [0.5, 0.6) is 0 Å². The van der Waals surface area contributed by atoms with E-state index in [0.717, 1.165) is 9.88 Å². The van der Waals surface area contributed by atoms with Crippen molar-refractivity contribution in [3.8, 4) is 0 Å². The van der Waals surface area contributed by atoms with E-state index in [1.807, 2.05) is 6.07 Å². The normalized spacial score (nSPS) is 15.9. The number of para-hydroxylation sites is 2. The number of fused-ring (bicyclic) bond motifs is 2. The topological polar surface area (TPSA) is 43.9 Å². The number of benzene rings is 2. The number of thiophene rings is 1. The third-order valence-corrected chi connectivity index (χ3v) is 11.0. The van der Waals surface area contributed by atoms with E-state index in [9.17, 15) is 9.59 Å². The van der Waals surface area contributed by atoms with E-state index in [2.05, 4.69) is 59.5 Å². The van der Waals surface area contributed by atoms with Crippen LogP contribution in [0.25, 0.3) is 6.08 Å². The van der Waals surface area contributed by atoms with Crippen LogP contribution in [0.15, 0.2) is 66.2 Å². The second kappa shape index (κ2) is 8.20. The average molecular weight is 655 g/mol.